The molecule has 7 nitrogen and oxygen atoms in total. The first-order chi connectivity index (χ1) is 13.4. The minimum absolute atomic E-state index is 0.0883. The van der Waals surface area contributed by atoms with Crippen LogP contribution < -0.4 is 14.8 Å². The second-order valence-electron chi connectivity index (χ2n) is 5.47. The van der Waals surface area contributed by atoms with E-state index in [1.807, 2.05) is 6.07 Å². The Hall–Kier alpha value is -3.50. The number of halogens is 1. The van der Waals surface area contributed by atoms with Crippen LogP contribution >= 0.6 is 11.6 Å². The summed E-state index contributed by atoms with van der Waals surface area (Å²) in [5.41, 5.74) is 0.775. The van der Waals surface area contributed by atoms with Crippen molar-refractivity contribution in [3.8, 4) is 17.6 Å². The lowest BCUT2D eigenvalue weighted by Gasteiger charge is -2.12. The molecule has 2 rings (SSSR count). The van der Waals surface area contributed by atoms with Crippen molar-refractivity contribution in [1.29, 1.82) is 5.26 Å². The number of benzene rings is 2. The van der Waals surface area contributed by atoms with Gasteiger partial charge in [0.25, 0.3) is 5.91 Å². The lowest BCUT2D eigenvalue weighted by molar-refractivity contribution is -0.112. The first-order valence-corrected chi connectivity index (χ1v) is 8.54. The van der Waals surface area contributed by atoms with Crippen LogP contribution in [0, 0.1) is 11.3 Å². The molecule has 2 aromatic rings. The molecular weight excluding hydrogens is 384 g/mol. The van der Waals surface area contributed by atoms with E-state index in [1.54, 1.807) is 19.1 Å². The summed E-state index contributed by atoms with van der Waals surface area (Å²) in [7, 11) is 1.46. The van der Waals surface area contributed by atoms with E-state index < -0.39 is 11.9 Å². The predicted octanol–water partition coefficient (Wildman–Crippen LogP) is 3.99. The third-order valence-corrected chi connectivity index (χ3v) is 3.88. The number of ether oxygens (including phenoxy) is 2. The normalized spacial score (nSPS) is 10.7. The Labute approximate surface area is 166 Å². The summed E-state index contributed by atoms with van der Waals surface area (Å²) in [5, 5.41) is 21.1. The number of carboxylic acids is 1. The zero-order valence-corrected chi connectivity index (χ0v) is 15.9. The van der Waals surface area contributed by atoms with Crippen LogP contribution in [0.4, 0.5) is 5.69 Å². The van der Waals surface area contributed by atoms with Gasteiger partial charge in [0.15, 0.2) is 11.5 Å². The Kier molecular flexibility index (Phi) is 7.02. The highest BCUT2D eigenvalue weighted by molar-refractivity contribution is 6.32. The second kappa shape index (κ2) is 9.44. The monoisotopic (exact) mass is 400 g/mol. The molecule has 0 aliphatic heterocycles. The second-order valence-corrected chi connectivity index (χ2v) is 5.88. The number of anilines is 1. The number of methoxy groups -OCH3 is 1. The van der Waals surface area contributed by atoms with Crippen LogP contribution in [0.2, 0.25) is 5.02 Å². The molecule has 0 aromatic heterocycles. The maximum Gasteiger partial charge on any atom is 0.335 e. The van der Waals surface area contributed by atoms with E-state index >= 15 is 0 Å². The summed E-state index contributed by atoms with van der Waals surface area (Å²) in [6.45, 7) is 2.19. The van der Waals surface area contributed by atoms with Gasteiger partial charge in [-0.3, -0.25) is 4.79 Å². The SMILES string of the molecule is CCOc1cc(/C=C(\C#N)C(=O)Nc2ccc(C(=O)O)cc2)cc(Cl)c1OC. The van der Waals surface area contributed by atoms with E-state index in [4.69, 9.17) is 26.2 Å². The number of carboxylic acid groups (broad SMARTS) is 1. The maximum absolute atomic E-state index is 12.4. The highest BCUT2D eigenvalue weighted by Crippen LogP contribution is 2.36. The Morgan fingerprint density at radius 3 is 2.50 bits per heavy atom. The zero-order chi connectivity index (χ0) is 20.7. The van der Waals surface area contributed by atoms with Crippen molar-refractivity contribution in [3.63, 3.8) is 0 Å². The molecule has 0 aliphatic rings. The Morgan fingerprint density at radius 1 is 1.29 bits per heavy atom. The first kappa shape index (κ1) is 20.8. The van der Waals surface area contributed by atoms with Crippen molar-refractivity contribution in [2.75, 3.05) is 19.0 Å². The van der Waals surface area contributed by atoms with Crippen LogP contribution in [0.1, 0.15) is 22.8 Å². The van der Waals surface area contributed by atoms with Gasteiger partial charge in [0.2, 0.25) is 0 Å². The quantitative estimate of drug-likeness (QED) is 0.537. The average Bonchev–Trinajstić information content (AvgIpc) is 2.66. The van der Waals surface area contributed by atoms with Gasteiger partial charge in [-0.2, -0.15) is 5.26 Å². The van der Waals surface area contributed by atoms with Gasteiger partial charge in [-0.05, 0) is 55.0 Å². The molecule has 0 unspecified atom stereocenters. The molecule has 144 valence electrons. The number of hydrogen-bond donors (Lipinski definition) is 2. The minimum Gasteiger partial charge on any atom is -0.491 e. The Balaban J connectivity index is 2.28. The van der Waals surface area contributed by atoms with Gasteiger partial charge in [0.05, 0.1) is 24.3 Å². The molecule has 0 aliphatic carbocycles. The number of amides is 1. The van der Waals surface area contributed by atoms with Gasteiger partial charge in [-0.15, -0.1) is 0 Å². The fourth-order valence-electron chi connectivity index (χ4n) is 2.34. The molecule has 0 bridgehead atoms. The number of nitriles is 1. The van der Waals surface area contributed by atoms with E-state index in [0.29, 0.717) is 29.4 Å². The molecule has 0 heterocycles. The first-order valence-electron chi connectivity index (χ1n) is 8.16. The summed E-state index contributed by atoms with van der Waals surface area (Å²) >= 11 is 6.18. The third kappa shape index (κ3) is 5.02. The van der Waals surface area contributed by atoms with Crippen LogP contribution in [0.25, 0.3) is 6.08 Å². The molecule has 2 aromatic carbocycles. The van der Waals surface area contributed by atoms with Crippen molar-refractivity contribution in [2.45, 2.75) is 6.92 Å². The predicted molar refractivity (Wildman–Crippen MR) is 105 cm³/mol. The molecule has 0 saturated heterocycles. The Bertz CT molecular complexity index is 962. The van der Waals surface area contributed by atoms with E-state index in [1.165, 1.54) is 37.5 Å². The highest BCUT2D eigenvalue weighted by atomic mass is 35.5. The van der Waals surface area contributed by atoms with Crippen molar-refractivity contribution in [1.82, 2.24) is 0 Å². The molecule has 0 radical (unpaired) electrons. The average molecular weight is 401 g/mol. The minimum atomic E-state index is -1.07. The molecular formula is C20H17ClN2O5. The number of hydrogen-bond acceptors (Lipinski definition) is 5. The fourth-order valence-corrected chi connectivity index (χ4v) is 2.64. The van der Waals surface area contributed by atoms with E-state index in [9.17, 15) is 14.9 Å². The summed E-state index contributed by atoms with van der Waals surface area (Å²) in [6, 6.07) is 10.6. The summed E-state index contributed by atoms with van der Waals surface area (Å²) in [4.78, 5) is 23.2. The highest BCUT2D eigenvalue weighted by Gasteiger charge is 2.14. The summed E-state index contributed by atoms with van der Waals surface area (Å²) in [5.74, 6) is -0.958. The largest absolute Gasteiger partial charge is 0.491 e. The van der Waals surface area contributed by atoms with Crippen LogP contribution in [0.15, 0.2) is 42.0 Å². The number of carbonyl (C=O) groups is 2. The molecule has 2 N–H and O–H groups in total. The number of rotatable bonds is 7. The van der Waals surface area contributed by atoms with Crippen LogP contribution in [-0.2, 0) is 4.79 Å². The number of nitrogens with one attached hydrogen (secondary N) is 1. The zero-order valence-electron chi connectivity index (χ0n) is 15.2. The van der Waals surface area contributed by atoms with E-state index in [2.05, 4.69) is 5.32 Å². The fraction of sp³-hybridized carbons (Fsp3) is 0.150. The summed E-state index contributed by atoms with van der Waals surface area (Å²) in [6.07, 6.45) is 1.37. The maximum atomic E-state index is 12.4. The third-order valence-electron chi connectivity index (χ3n) is 3.60. The molecule has 0 atom stereocenters. The van der Waals surface area contributed by atoms with Gasteiger partial charge in [0, 0.05) is 5.69 Å². The van der Waals surface area contributed by atoms with Gasteiger partial charge in [-0.1, -0.05) is 11.6 Å². The topological polar surface area (TPSA) is 109 Å². The molecule has 8 heteroatoms. The number of carbonyl (C=O) groups excluding carboxylic acids is 1. The molecule has 0 spiro atoms. The molecule has 28 heavy (non-hydrogen) atoms. The lowest BCUT2D eigenvalue weighted by atomic mass is 10.1. The van der Waals surface area contributed by atoms with Crippen molar-refractivity contribution >= 4 is 35.2 Å². The van der Waals surface area contributed by atoms with Gasteiger partial charge in [0.1, 0.15) is 11.6 Å². The van der Waals surface area contributed by atoms with Gasteiger partial charge < -0.3 is 19.9 Å². The van der Waals surface area contributed by atoms with Gasteiger partial charge >= 0.3 is 5.97 Å². The van der Waals surface area contributed by atoms with Crippen molar-refractivity contribution in [2.24, 2.45) is 0 Å². The number of aromatic carboxylic acids is 1. The molecule has 0 saturated carbocycles. The van der Waals surface area contributed by atoms with Crippen LogP contribution in [0.3, 0.4) is 0 Å². The van der Waals surface area contributed by atoms with Gasteiger partial charge in [-0.25, -0.2) is 4.79 Å². The molecule has 0 fully saturated rings. The van der Waals surface area contributed by atoms with E-state index in [-0.39, 0.29) is 16.2 Å². The van der Waals surface area contributed by atoms with Crippen LogP contribution in [-0.4, -0.2) is 30.7 Å². The smallest absolute Gasteiger partial charge is 0.335 e. The van der Waals surface area contributed by atoms with Crippen molar-refractivity contribution < 1.29 is 24.2 Å². The standard InChI is InChI=1S/C20H17ClN2O5/c1-3-28-17-10-12(9-16(21)18(17)27-2)8-14(11-22)19(24)23-15-6-4-13(5-7-15)20(25)26/h4-10H,3H2,1-2H3,(H,23,24)(H,25,26)/b14-8+. The number of nitrogens with zero attached hydrogens (tertiary/aromatic N) is 1. The Morgan fingerprint density at radius 2 is 1.96 bits per heavy atom. The van der Waals surface area contributed by atoms with E-state index in [0.717, 1.165) is 0 Å². The lowest BCUT2D eigenvalue weighted by Crippen LogP contribution is -2.13. The molecule has 1 amide bonds. The van der Waals surface area contributed by atoms with Crippen LogP contribution in [0.5, 0.6) is 11.5 Å². The van der Waals surface area contributed by atoms with Crippen molar-refractivity contribution in [3.05, 3.63) is 58.1 Å². The summed E-state index contributed by atoms with van der Waals surface area (Å²) < 4.78 is 10.7.